The lowest BCUT2D eigenvalue weighted by molar-refractivity contribution is -0.142. The van der Waals surface area contributed by atoms with Crippen LogP contribution in [-0.2, 0) is 9.53 Å². The van der Waals surface area contributed by atoms with E-state index in [-0.39, 0.29) is 6.26 Å². The zero-order chi connectivity index (χ0) is 11.3. The predicted octanol–water partition coefficient (Wildman–Crippen LogP) is 0.264. The molecule has 0 bridgehead atoms. The molecule has 8 nitrogen and oxygen atoms in total. The molecule has 0 amide bonds. The van der Waals surface area contributed by atoms with E-state index in [1.807, 2.05) is 0 Å². The first kappa shape index (κ1) is 11.8. The molecule has 8 heteroatoms. The summed E-state index contributed by atoms with van der Waals surface area (Å²) in [6.07, 6.45) is -1.24. The van der Waals surface area contributed by atoms with E-state index in [0.29, 0.717) is 0 Å². The maximum atomic E-state index is 10.5. The molecule has 0 aliphatic carbocycles. The molecule has 1 atom stereocenters. The maximum absolute atomic E-state index is 10.5. The van der Waals surface area contributed by atoms with Crippen LogP contribution >= 0.6 is 0 Å². The molecule has 0 saturated heterocycles. The number of rotatable bonds is 1. The molecule has 0 aromatic heterocycles. The van der Waals surface area contributed by atoms with Gasteiger partial charge in [-0.25, -0.2) is 4.79 Å². The molecule has 0 saturated carbocycles. The Labute approximate surface area is 76.6 Å². The normalized spacial score (nSPS) is 21.3. The van der Waals surface area contributed by atoms with Crippen molar-refractivity contribution in [2.45, 2.75) is 6.10 Å². The van der Waals surface area contributed by atoms with E-state index in [2.05, 4.69) is 4.74 Å². The van der Waals surface area contributed by atoms with Gasteiger partial charge >= 0.3 is 5.97 Å². The predicted molar refractivity (Wildman–Crippen MR) is 42.2 cm³/mol. The number of hydrogen-bond acceptors (Lipinski definition) is 8. The SMILES string of the molecule is O=C1O[C@H](/C(O)=C/O)C(O)=C1O.O=O. The first-order valence-electron chi connectivity index (χ1n) is 3.11. The van der Waals surface area contributed by atoms with Gasteiger partial charge in [0.05, 0.1) is 0 Å². The van der Waals surface area contributed by atoms with Gasteiger partial charge in [-0.3, -0.25) is 0 Å². The lowest BCUT2D eigenvalue weighted by Gasteiger charge is -2.06. The van der Waals surface area contributed by atoms with Gasteiger partial charge in [0.25, 0.3) is 0 Å². The van der Waals surface area contributed by atoms with E-state index in [0.717, 1.165) is 0 Å². The highest BCUT2D eigenvalue weighted by atomic mass is 16.7. The molecule has 0 aromatic carbocycles. The molecule has 1 rings (SSSR count). The highest BCUT2D eigenvalue weighted by Crippen LogP contribution is 2.22. The zero-order valence-corrected chi connectivity index (χ0v) is 6.58. The number of aliphatic hydroxyl groups excluding tert-OH is 4. The van der Waals surface area contributed by atoms with Gasteiger partial charge in [-0.05, 0) is 0 Å². The van der Waals surface area contributed by atoms with Crippen molar-refractivity contribution < 1.29 is 30.0 Å². The summed E-state index contributed by atoms with van der Waals surface area (Å²) in [6.45, 7) is 0. The molecule has 1 aliphatic rings. The number of esters is 1. The number of carbonyl (C=O) groups is 1. The summed E-state index contributed by atoms with van der Waals surface area (Å²) in [5.41, 5.74) is 0. The first-order chi connectivity index (χ1) is 6.57. The number of ether oxygens (including phenoxy) is 1. The Kier molecular flexibility index (Phi) is 3.94. The largest absolute Gasteiger partial charge is 0.512 e. The molecule has 4 N–H and O–H groups in total. The molecule has 0 radical (unpaired) electrons. The van der Waals surface area contributed by atoms with Crippen molar-refractivity contribution in [3.8, 4) is 0 Å². The number of carbonyl (C=O) groups excluding carboxylic acids is 1. The lowest BCUT2D eigenvalue weighted by atomic mass is 10.2. The topological polar surface area (TPSA) is 141 Å². The number of cyclic esters (lactones) is 1. The smallest absolute Gasteiger partial charge is 0.378 e. The molecule has 78 valence electrons. The van der Waals surface area contributed by atoms with Crippen molar-refractivity contribution in [1.29, 1.82) is 0 Å². The minimum absolute atomic E-state index is 0.257. The van der Waals surface area contributed by atoms with Crippen LogP contribution in [0.2, 0.25) is 0 Å². The van der Waals surface area contributed by atoms with Crippen LogP contribution in [0.4, 0.5) is 0 Å². The summed E-state index contributed by atoms with van der Waals surface area (Å²) in [4.78, 5) is 24.5. The minimum Gasteiger partial charge on any atom is -0.512 e. The third kappa shape index (κ3) is 1.91. The van der Waals surface area contributed by atoms with Crippen LogP contribution in [0, 0.1) is 9.93 Å². The average Bonchev–Trinajstić information content (AvgIpc) is 2.48. The summed E-state index contributed by atoms with van der Waals surface area (Å²) in [5, 5.41) is 34.7. The van der Waals surface area contributed by atoms with Crippen LogP contribution < -0.4 is 0 Å². The van der Waals surface area contributed by atoms with Crippen LogP contribution in [-0.4, -0.2) is 32.5 Å². The second-order valence-corrected chi connectivity index (χ2v) is 2.07. The van der Waals surface area contributed by atoms with Crippen LogP contribution in [0.3, 0.4) is 0 Å². The van der Waals surface area contributed by atoms with Gasteiger partial charge in [0, 0.05) is 9.93 Å². The highest BCUT2D eigenvalue weighted by Gasteiger charge is 2.37. The molecule has 0 spiro atoms. The van der Waals surface area contributed by atoms with Crippen molar-refractivity contribution in [2.24, 2.45) is 0 Å². The molecule has 14 heavy (non-hydrogen) atoms. The molecular formula is C6H6O8. The number of hydrogen-bond donors (Lipinski definition) is 4. The molecule has 0 unspecified atom stereocenters. The van der Waals surface area contributed by atoms with Crippen molar-refractivity contribution >= 4 is 5.97 Å². The van der Waals surface area contributed by atoms with E-state index in [4.69, 9.17) is 30.4 Å². The maximum Gasteiger partial charge on any atom is 0.378 e. The third-order valence-electron chi connectivity index (χ3n) is 1.31. The molecule has 1 aliphatic heterocycles. The zero-order valence-electron chi connectivity index (χ0n) is 6.58. The second-order valence-electron chi connectivity index (χ2n) is 2.07. The molecule has 0 aromatic rings. The average molecular weight is 206 g/mol. The van der Waals surface area contributed by atoms with Crippen molar-refractivity contribution in [3.63, 3.8) is 0 Å². The summed E-state index contributed by atoms with van der Waals surface area (Å²) in [7, 11) is 0. The van der Waals surface area contributed by atoms with E-state index >= 15 is 0 Å². The van der Waals surface area contributed by atoms with Gasteiger partial charge in [0.2, 0.25) is 11.9 Å². The Morgan fingerprint density at radius 2 is 1.86 bits per heavy atom. The summed E-state index contributed by atoms with van der Waals surface area (Å²) in [5.74, 6) is -3.69. The highest BCUT2D eigenvalue weighted by molar-refractivity contribution is 5.89. The quantitative estimate of drug-likeness (QED) is 0.353. The fourth-order valence-electron chi connectivity index (χ4n) is 0.716. The molecular weight excluding hydrogens is 200 g/mol. The Hall–Kier alpha value is -2.25. The fraction of sp³-hybridized carbons (Fsp3) is 0.167. The standard InChI is InChI=1S/C6H6O6.O2/c7-1-2(8)5-3(9)4(10)6(11)12-5;1-2/h1,5,7-10H;/b2-1-;/t5-;/m1./s1. The lowest BCUT2D eigenvalue weighted by Crippen LogP contribution is -2.14. The Balaban J connectivity index is 0.000000791. The van der Waals surface area contributed by atoms with Crippen LogP contribution in [0.15, 0.2) is 23.5 Å². The Morgan fingerprint density at radius 3 is 2.14 bits per heavy atom. The van der Waals surface area contributed by atoms with Gasteiger partial charge in [-0.2, -0.15) is 0 Å². The number of aliphatic hydroxyl groups is 4. The molecule has 1 heterocycles. The van der Waals surface area contributed by atoms with Gasteiger partial charge in [0.15, 0.2) is 11.5 Å². The molecule has 0 fully saturated rings. The van der Waals surface area contributed by atoms with Crippen molar-refractivity contribution in [2.75, 3.05) is 0 Å². The first-order valence-corrected chi connectivity index (χ1v) is 3.11. The monoisotopic (exact) mass is 206 g/mol. The minimum atomic E-state index is -1.50. The Bertz CT molecular complexity index is 290. The summed E-state index contributed by atoms with van der Waals surface area (Å²) >= 11 is 0. The fourth-order valence-corrected chi connectivity index (χ4v) is 0.716. The van der Waals surface area contributed by atoms with E-state index in [9.17, 15) is 4.79 Å². The van der Waals surface area contributed by atoms with E-state index < -0.39 is 29.4 Å². The third-order valence-corrected chi connectivity index (χ3v) is 1.31. The summed E-state index contributed by atoms with van der Waals surface area (Å²) < 4.78 is 4.25. The Morgan fingerprint density at radius 1 is 1.36 bits per heavy atom. The van der Waals surface area contributed by atoms with Crippen molar-refractivity contribution in [1.82, 2.24) is 0 Å². The summed E-state index contributed by atoms with van der Waals surface area (Å²) in [6, 6.07) is 0. The van der Waals surface area contributed by atoms with Gasteiger partial charge in [-0.15, -0.1) is 0 Å². The van der Waals surface area contributed by atoms with Gasteiger partial charge in [-0.1, -0.05) is 0 Å². The second kappa shape index (κ2) is 4.70. The van der Waals surface area contributed by atoms with Crippen molar-refractivity contribution in [3.05, 3.63) is 33.5 Å². The van der Waals surface area contributed by atoms with Gasteiger partial charge < -0.3 is 25.2 Å². The van der Waals surface area contributed by atoms with E-state index in [1.54, 1.807) is 0 Å². The van der Waals surface area contributed by atoms with Crippen LogP contribution in [0.5, 0.6) is 0 Å². The van der Waals surface area contributed by atoms with Crippen LogP contribution in [0.25, 0.3) is 0 Å². The van der Waals surface area contributed by atoms with Gasteiger partial charge in [0.1, 0.15) is 6.26 Å². The van der Waals surface area contributed by atoms with Crippen LogP contribution in [0.1, 0.15) is 0 Å². The van der Waals surface area contributed by atoms with E-state index in [1.165, 1.54) is 0 Å².